The fourth-order valence-corrected chi connectivity index (χ4v) is 4.65. The number of hydrogen-bond acceptors (Lipinski definition) is 8. The summed E-state index contributed by atoms with van der Waals surface area (Å²) in [6.07, 6.45) is 1.99. The summed E-state index contributed by atoms with van der Waals surface area (Å²) in [5, 5.41) is 0. The normalized spacial score (nSPS) is 12.4. The van der Waals surface area contributed by atoms with E-state index < -0.39 is 32.2 Å². The predicted molar refractivity (Wildman–Crippen MR) is 97.1 cm³/mol. The molecular formula is C16H30O8S2. The van der Waals surface area contributed by atoms with Crippen LogP contribution in [0.1, 0.15) is 66.2 Å². The molecule has 0 aliphatic heterocycles. The van der Waals surface area contributed by atoms with Crippen LogP contribution in [-0.4, -0.2) is 40.3 Å². The molecule has 0 heterocycles. The van der Waals surface area contributed by atoms with Gasteiger partial charge < -0.3 is 8.37 Å². The Morgan fingerprint density at radius 1 is 0.654 bits per heavy atom. The monoisotopic (exact) mass is 414 g/mol. The average molecular weight is 415 g/mol. The van der Waals surface area contributed by atoms with Gasteiger partial charge in [0.2, 0.25) is 0 Å². The first-order chi connectivity index (χ1) is 11.8. The van der Waals surface area contributed by atoms with Crippen LogP contribution in [0.15, 0.2) is 0 Å². The SMILES string of the molecule is CC(C)CS(=O)(=O)OC(=O)CCCCCCC(=O)OS(=O)(=O)CC(C)C. The van der Waals surface area contributed by atoms with Crippen molar-refractivity contribution < 1.29 is 34.8 Å². The van der Waals surface area contributed by atoms with Gasteiger partial charge in [-0.05, 0) is 24.7 Å². The van der Waals surface area contributed by atoms with Crippen LogP contribution < -0.4 is 0 Å². The van der Waals surface area contributed by atoms with Crippen molar-refractivity contribution in [2.75, 3.05) is 11.5 Å². The van der Waals surface area contributed by atoms with Gasteiger partial charge in [0.05, 0.1) is 11.5 Å². The zero-order chi connectivity index (χ0) is 20.4. The molecule has 8 nitrogen and oxygen atoms in total. The van der Waals surface area contributed by atoms with Crippen LogP contribution >= 0.6 is 0 Å². The molecule has 0 bridgehead atoms. The molecule has 0 aromatic rings. The molecule has 0 unspecified atom stereocenters. The average Bonchev–Trinajstić information content (AvgIpc) is 2.37. The summed E-state index contributed by atoms with van der Waals surface area (Å²) >= 11 is 0. The van der Waals surface area contributed by atoms with Crippen LogP contribution in [0.4, 0.5) is 0 Å². The lowest BCUT2D eigenvalue weighted by Crippen LogP contribution is -2.19. The molecule has 0 N–H and O–H groups in total. The molecule has 0 saturated heterocycles. The zero-order valence-corrected chi connectivity index (χ0v) is 17.5. The molecule has 0 rings (SSSR count). The smallest absolute Gasteiger partial charge is 0.322 e. The fraction of sp³-hybridized carbons (Fsp3) is 0.875. The van der Waals surface area contributed by atoms with E-state index in [1.54, 1.807) is 27.7 Å². The Morgan fingerprint density at radius 3 is 1.23 bits per heavy atom. The van der Waals surface area contributed by atoms with Gasteiger partial charge >= 0.3 is 32.2 Å². The van der Waals surface area contributed by atoms with Gasteiger partial charge in [-0.15, -0.1) is 0 Å². The molecule has 0 fully saturated rings. The summed E-state index contributed by atoms with van der Waals surface area (Å²) < 4.78 is 54.9. The van der Waals surface area contributed by atoms with E-state index in [9.17, 15) is 26.4 Å². The molecule has 10 heteroatoms. The van der Waals surface area contributed by atoms with E-state index in [4.69, 9.17) is 0 Å². The lowest BCUT2D eigenvalue weighted by molar-refractivity contribution is -0.135. The van der Waals surface area contributed by atoms with Crippen LogP contribution in [0.2, 0.25) is 0 Å². The Bertz CT molecular complexity index is 590. The van der Waals surface area contributed by atoms with E-state index in [2.05, 4.69) is 8.37 Å². The minimum Gasteiger partial charge on any atom is -0.346 e. The minimum absolute atomic E-state index is 0.0233. The summed E-state index contributed by atoms with van der Waals surface area (Å²) in [6, 6.07) is 0. The van der Waals surface area contributed by atoms with Crippen LogP contribution in [0.25, 0.3) is 0 Å². The summed E-state index contributed by atoms with van der Waals surface area (Å²) in [6.45, 7) is 6.85. The van der Waals surface area contributed by atoms with Crippen molar-refractivity contribution in [3.8, 4) is 0 Å². The van der Waals surface area contributed by atoms with Gasteiger partial charge in [0.15, 0.2) is 0 Å². The van der Waals surface area contributed by atoms with Crippen molar-refractivity contribution in [1.29, 1.82) is 0 Å². The van der Waals surface area contributed by atoms with E-state index in [1.807, 2.05) is 0 Å². The first kappa shape index (κ1) is 24.8. The standard InChI is InChI=1S/C16H30O8S2/c1-13(2)11-25(19,20)23-15(17)9-7-5-6-8-10-16(18)24-26(21,22)12-14(3)4/h13-14H,5-12H2,1-4H3. The first-order valence-corrected chi connectivity index (χ1v) is 11.9. The molecule has 0 amide bonds. The van der Waals surface area contributed by atoms with Crippen molar-refractivity contribution in [2.45, 2.75) is 66.2 Å². The Balaban J connectivity index is 3.91. The lowest BCUT2D eigenvalue weighted by atomic mass is 10.1. The van der Waals surface area contributed by atoms with E-state index >= 15 is 0 Å². The topological polar surface area (TPSA) is 121 Å². The molecule has 0 aliphatic rings. The largest absolute Gasteiger partial charge is 0.346 e. The summed E-state index contributed by atoms with van der Waals surface area (Å²) in [5.74, 6) is -2.25. The van der Waals surface area contributed by atoms with Crippen molar-refractivity contribution in [3.05, 3.63) is 0 Å². The molecule has 0 aliphatic carbocycles. The van der Waals surface area contributed by atoms with Crippen molar-refractivity contribution >= 4 is 32.2 Å². The third kappa shape index (κ3) is 14.1. The second-order valence-electron chi connectivity index (χ2n) is 7.06. The Labute approximate surface area is 156 Å². The Kier molecular flexibility index (Phi) is 11.0. The van der Waals surface area contributed by atoms with E-state index in [1.165, 1.54) is 0 Å². The van der Waals surface area contributed by atoms with E-state index in [0.717, 1.165) is 0 Å². The Hall–Kier alpha value is -1.16. The minimum atomic E-state index is -3.83. The van der Waals surface area contributed by atoms with Crippen LogP contribution in [0, 0.1) is 11.8 Å². The van der Waals surface area contributed by atoms with Gasteiger partial charge in [-0.3, -0.25) is 9.59 Å². The number of unbranched alkanes of at least 4 members (excludes halogenated alkanes) is 3. The van der Waals surface area contributed by atoms with Crippen LogP contribution in [0.3, 0.4) is 0 Å². The highest BCUT2D eigenvalue weighted by Crippen LogP contribution is 2.11. The highest BCUT2D eigenvalue weighted by atomic mass is 32.2. The maximum atomic E-state index is 11.5. The predicted octanol–water partition coefficient (Wildman–Crippen LogP) is 2.39. The molecular weight excluding hydrogens is 384 g/mol. The maximum absolute atomic E-state index is 11.5. The second kappa shape index (κ2) is 11.5. The quantitative estimate of drug-likeness (QED) is 0.333. The lowest BCUT2D eigenvalue weighted by Gasteiger charge is -2.08. The molecule has 0 saturated carbocycles. The van der Waals surface area contributed by atoms with Crippen molar-refractivity contribution in [1.82, 2.24) is 0 Å². The van der Waals surface area contributed by atoms with Crippen LogP contribution in [0.5, 0.6) is 0 Å². The molecule has 26 heavy (non-hydrogen) atoms. The molecule has 0 aromatic heterocycles. The molecule has 0 radical (unpaired) electrons. The van der Waals surface area contributed by atoms with Crippen molar-refractivity contribution in [3.63, 3.8) is 0 Å². The summed E-state index contributed by atoms with van der Waals surface area (Å²) in [5.41, 5.74) is 0. The first-order valence-electron chi connectivity index (χ1n) is 8.73. The molecule has 0 spiro atoms. The maximum Gasteiger partial charge on any atom is 0.322 e. The van der Waals surface area contributed by atoms with Gasteiger partial charge in [0.25, 0.3) is 0 Å². The summed E-state index contributed by atoms with van der Waals surface area (Å²) in [4.78, 5) is 23.0. The molecule has 0 aromatic carbocycles. The van der Waals surface area contributed by atoms with E-state index in [0.29, 0.717) is 25.7 Å². The number of carbonyl (C=O) groups is 2. The summed E-state index contributed by atoms with van der Waals surface area (Å²) in [7, 11) is -7.66. The van der Waals surface area contributed by atoms with Gasteiger partial charge in [-0.1, -0.05) is 40.5 Å². The third-order valence-corrected chi connectivity index (χ3v) is 6.06. The Morgan fingerprint density at radius 2 is 0.962 bits per heavy atom. The molecule has 0 atom stereocenters. The van der Waals surface area contributed by atoms with E-state index in [-0.39, 0.29) is 36.2 Å². The zero-order valence-electron chi connectivity index (χ0n) is 15.9. The second-order valence-corrected chi connectivity index (χ2v) is 10.3. The number of rotatable bonds is 13. The number of carbonyl (C=O) groups excluding carboxylic acids is 2. The highest BCUT2D eigenvalue weighted by molar-refractivity contribution is 7.87. The fourth-order valence-electron chi connectivity index (χ4n) is 2.14. The molecule has 154 valence electrons. The van der Waals surface area contributed by atoms with Crippen LogP contribution in [-0.2, 0) is 38.2 Å². The highest BCUT2D eigenvalue weighted by Gasteiger charge is 2.19. The van der Waals surface area contributed by atoms with Gasteiger partial charge in [-0.25, -0.2) is 0 Å². The number of hydrogen-bond donors (Lipinski definition) is 0. The van der Waals surface area contributed by atoms with Gasteiger partial charge in [-0.2, -0.15) is 16.8 Å². The van der Waals surface area contributed by atoms with Gasteiger partial charge in [0.1, 0.15) is 0 Å². The third-order valence-electron chi connectivity index (χ3n) is 3.03. The van der Waals surface area contributed by atoms with Gasteiger partial charge in [0, 0.05) is 12.8 Å². The van der Waals surface area contributed by atoms with Crippen molar-refractivity contribution in [2.24, 2.45) is 11.8 Å².